The Bertz CT molecular complexity index is 317. The second-order valence-electron chi connectivity index (χ2n) is 3.20. The molecule has 3 N–H and O–H groups in total. The number of hydrogen-bond donors (Lipinski definition) is 2. The number of nitrogens with two attached hydrogens (primary N) is 1. The lowest BCUT2D eigenvalue weighted by atomic mass is 9.95. The predicted octanol–water partition coefficient (Wildman–Crippen LogP) is 0.649. The Balaban J connectivity index is 3.08. The van der Waals surface area contributed by atoms with E-state index in [9.17, 15) is 4.79 Å². The highest BCUT2D eigenvalue weighted by atomic mass is 16.4. The molecule has 1 aromatic rings. The molecule has 0 amide bonds. The number of aryl methyl sites for hydroxylation is 1. The van der Waals surface area contributed by atoms with E-state index < -0.39 is 11.5 Å². The van der Waals surface area contributed by atoms with Crippen molar-refractivity contribution in [2.24, 2.45) is 5.73 Å². The van der Waals surface area contributed by atoms with Gasteiger partial charge in [-0.05, 0) is 19.9 Å². The summed E-state index contributed by atoms with van der Waals surface area (Å²) in [4.78, 5) is 14.7. The van der Waals surface area contributed by atoms with E-state index in [4.69, 9.17) is 10.8 Å². The van der Waals surface area contributed by atoms with Crippen molar-refractivity contribution in [3.8, 4) is 0 Å². The summed E-state index contributed by atoms with van der Waals surface area (Å²) in [6.07, 6.45) is 1.49. The van der Waals surface area contributed by atoms with Gasteiger partial charge in [0, 0.05) is 17.5 Å². The van der Waals surface area contributed by atoms with Crippen molar-refractivity contribution in [3.05, 3.63) is 29.6 Å². The molecule has 1 aromatic heterocycles. The van der Waals surface area contributed by atoms with E-state index in [1.165, 1.54) is 13.1 Å². The SMILES string of the molecule is Cc1ccc(C(C)(N)C(=O)O)cn1. The summed E-state index contributed by atoms with van der Waals surface area (Å²) in [6, 6.07) is 3.42. The van der Waals surface area contributed by atoms with E-state index in [-0.39, 0.29) is 0 Å². The summed E-state index contributed by atoms with van der Waals surface area (Å²) < 4.78 is 0. The van der Waals surface area contributed by atoms with Gasteiger partial charge in [-0.15, -0.1) is 0 Å². The molecule has 4 heteroatoms. The molecule has 0 aliphatic heterocycles. The fourth-order valence-electron chi connectivity index (χ4n) is 0.898. The highest BCUT2D eigenvalue weighted by Gasteiger charge is 2.30. The number of nitrogens with zero attached hydrogens (tertiary/aromatic N) is 1. The van der Waals surface area contributed by atoms with Crippen molar-refractivity contribution in [3.63, 3.8) is 0 Å². The number of rotatable bonds is 2. The summed E-state index contributed by atoms with van der Waals surface area (Å²) in [5, 5.41) is 8.81. The van der Waals surface area contributed by atoms with Gasteiger partial charge in [-0.2, -0.15) is 0 Å². The van der Waals surface area contributed by atoms with Crippen LogP contribution in [-0.4, -0.2) is 16.1 Å². The van der Waals surface area contributed by atoms with Crippen LogP contribution in [0.25, 0.3) is 0 Å². The first kappa shape index (κ1) is 9.67. The summed E-state index contributed by atoms with van der Waals surface area (Å²) in [5.41, 5.74) is 5.57. The zero-order chi connectivity index (χ0) is 10.1. The second-order valence-corrected chi connectivity index (χ2v) is 3.20. The first-order valence-electron chi connectivity index (χ1n) is 3.90. The summed E-state index contributed by atoms with van der Waals surface area (Å²) in [6.45, 7) is 3.28. The van der Waals surface area contributed by atoms with Gasteiger partial charge < -0.3 is 10.8 Å². The van der Waals surface area contributed by atoms with Gasteiger partial charge in [0.25, 0.3) is 0 Å². The molecule has 1 heterocycles. The molecule has 70 valence electrons. The maximum atomic E-state index is 10.8. The Kier molecular flexibility index (Phi) is 2.34. The Morgan fingerprint density at radius 2 is 2.23 bits per heavy atom. The van der Waals surface area contributed by atoms with Gasteiger partial charge in [0.2, 0.25) is 0 Å². The van der Waals surface area contributed by atoms with E-state index in [2.05, 4.69) is 4.98 Å². The topological polar surface area (TPSA) is 76.2 Å². The highest BCUT2D eigenvalue weighted by Crippen LogP contribution is 2.16. The molecule has 0 spiro atoms. The molecule has 0 saturated carbocycles. The largest absolute Gasteiger partial charge is 0.480 e. The van der Waals surface area contributed by atoms with E-state index in [0.717, 1.165) is 5.69 Å². The van der Waals surface area contributed by atoms with Crippen LogP contribution in [0.3, 0.4) is 0 Å². The molecule has 1 unspecified atom stereocenters. The first-order chi connectivity index (χ1) is 5.94. The van der Waals surface area contributed by atoms with Crippen LogP contribution >= 0.6 is 0 Å². The number of carbonyl (C=O) groups is 1. The van der Waals surface area contributed by atoms with Crippen LogP contribution in [0.2, 0.25) is 0 Å². The van der Waals surface area contributed by atoms with Crippen LogP contribution < -0.4 is 5.73 Å². The van der Waals surface area contributed by atoms with Crippen molar-refractivity contribution >= 4 is 5.97 Å². The molecule has 0 aromatic carbocycles. The smallest absolute Gasteiger partial charge is 0.328 e. The van der Waals surface area contributed by atoms with Crippen molar-refractivity contribution in [1.29, 1.82) is 0 Å². The standard InChI is InChI=1S/C9H12N2O2/c1-6-3-4-7(5-11-6)9(2,10)8(12)13/h3-5H,10H2,1-2H3,(H,12,13). The Morgan fingerprint density at radius 1 is 1.62 bits per heavy atom. The van der Waals surface area contributed by atoms with Gasteiger partial charge in [0.15, 0.2) is 0 Å². The Labute approximate surface area is 76.4 Å². The monoisotopic (exact) mass is 180 g/mol. The molecule has 0 aliphatic carbocycles. The molecule has 0 fully saturated rings. The average Bonchev–Trinajstić information content (AvgIpc) is 2.04. The van der Waals surface area contributed by atoms with E-state index in [1.807, 2.05) is 6.92 Å². The van der Waals surface area contributed by atoms with Crippen LogP contribution in [0.5, 0.6) is 0 Å². The van der Waals surface area contributed by atoms with Crippen molar-refractivity contribution in [2.75, 3.05) is 0 Å². The lowest BCUT2D eigenvalue weighted by molar-refractivity contribution is -0.143. The third-order valence-corrected chi connectivity index (χ3v) is 1.96. The minimum Gasteiger partial charge on any atom is -0.480 e. The molecule has 0 saturated heterocycles. The van der Waals surface area contributed by atoms with Crippen LogP contribution in [0, 0.1) is 6.92 Å². The molecule has 0 aliphatic rings. The molecule has 13 heavy (non-hydrogen) atoms. The Morgan fingerprint density at radius 3 is 2.62 bits per heavy atom. The van der Waals surface area contributed by atoms with Crippen molar-refractivity contribution < 1.29 is 9.90 Å². The lowest BCUT2D eigenvalue weighted by Gasteiger charge is -2.18. The summed E-state index contributed by atoms with van der Waals surface area (Å²) >= 11 is 0. The molecule has 4 nitrogen and oxygen atoms in total. The van der Waals surface area contributed by atoms with Crippen LogP contribution in [0.15, 0.2) is 18.3 Å². The van der Waals surface area contributed by atoms with Gasteiger partial charge >= 0.3 is 5.97 Å². The maximum absolute atomic E-state index is 10.8. The van der Waals surface area contributed by atoms with Gasteiger partial charge in [0.1, 0.15) is 5.54 Å². The zero-order valence-corrected chi connectivity index (χ0v) is 7.61. The quantitative estimate of drug-likeness (QED) is 0.700. The lowest BCUT2D eigenvalue weighted by Crippen LogP contribution is -2.41. The number of aliphatic carboxylic acids is 1. The number of carboxylic acid groups (broad SMARTS) is 1. The summed E-state index contributed by atoms with van der Waals surface area (Å²) in [5.74, 6) is -1.06. The molecule has 1 rings (SSSR count). The fourth-order valence-corrected chi connectivity index (χ4v) is 0.898. The van der Waals surface area contributed by atoms with E-state index in [0.29, 0.717) is 5.56 Å². The number of pyridine rings is 1. The maximum Gasteiger partial charge on any atom is 0.328 e. The zero-order valence-electron chi connectivity index (χ0n) is 7.61. The molecule has 1 atom stereocenters. The van der Waals surface area contributed by atoms with Gasteiger partial charge in [0.05, 0.1) is 0 Å². The van der Waals surface area contributed by atoms with E-state index >= 15 is 0 Å². The minimum atomic E-state index is -1.36. The Hall–Kier alpha value is -1.42. The predicted molar refractivity (Wildman–Crippen MR) is 48.1 cm³/mol. The molecule has 0 radical (unpaired) electrons. The summed E-state index contributed by atoms with van der Waals surface area (Å²) in [7, 11) is 0. The van der Waals surface area contributed by atoms with Gasteiger partial charge in [-0.1, -0.05) is 6.07 Å². The molecular formula is C9H12N2O2. The van der Waals surface area contributed by atoms with E-state index in [1.54, 1.807) is 12.1 Å². The highest BCUT2D eigenvalue weighted by molar-refractivity contribution is 5.79. The van der Waals surface area contributed by atoms with Gasteiger partial charge in [-0.25, -0.2) is 4.79 Å². The van der Waals surface area contributed by atoms with Gasteiger partial charge in [-0.3, -0.25) is 4.98 Å². The first-order valence-corrected chi connectivity index (χ1v) is 3.90. The van der Waals surface area contributed by atoms with Crippen molar-refractivity contribution in [2.45, 2.75) is 19.4 Å². The molecule has 0 bridgehead atoms. The average molecular weight is 180 g/mol. The fraction of sp³-hybridized carbons (Fsp3) is 0.333. The molecular weight excluding hydrogens is 168 g/mol. The van der Waals surface area contributed by atoms with Crippen LogP contribution in [0.1, 0.15) is 18.2 Å². The third-order valence-electron chi connectivity index (χ3n) is 1.96. The van der Waals surface area contributed by atoms with Crippen LogP contribution in [-0.2, 0) is 10.3 Å². The number of hydrogen-bond acceptors (Lipinski definition) is 3. The normalized spacial score (nSPS) is 15.0. The number of carboxylic acids is 1. The minimum absolute atomic E-state index is 0.505. The third kappa shape index (κ3) is 1.84. The number of aromatic nitrogens is 1. The van der Waals surface area contributed by atoms with Crippen LogP contribution in [0.4, 0.5) is 0 Å². The second kappa shape index (κ2) is 3.14. The van der Waals surface area contributed by atoms with Crippen molar-refractivity contribution in [1.82, 2.24) is 4.98 Å².